The van der Waals surface area contributed by atoms with E-state index in [1.54, 1.807) is 6.20 Å². The molecule has 18 heavy (non-hydrogen) atoms. The molecule has 0 aromatic carbocycles. The predicted molar refractivity (Wildman–Crippen MR) is 72.7 cm³/mol. The fourth-order valence-electron chi connectivity index (χ4n) is 2.12. The van der Waals surface area contributed by atoms with Gasteiger partial charge in [-0.2, -0.15) is 0 Å². The Morgan fingerprint density at radius 2 is 2.22 bits per heavy atom. The average Bonchev–Trinajstić information content (AvgIpc) is 2.93. The zero-order chi connectivity index (χ0) is 12.8. The van der Waals surface area contributed by atoms with Crippen molar-refractivity contribution in [1.82, 2.24) is 9.88 Å². The van der Waals surface area contributed by atoms with Crippen molar-refractivity contribution in [1.29, 1.82) is 0 Å². The minimum Gasteiger partial charge on any atom is -0.384 e. The molecule has 1 aliphatic rings. The second kappa shape index (κ2) is 6.23. The molecule has 2 N–H and O–H groups in total. The maximum absolute atomic E-state index is 11.8. The fraction of sp³-hybridized carbons (Fsp3) is 0.538. The van der Waals surface area contributed by atoms with Crippen LogP contribution >= 0.6 is 0 Å². The molecular weight excluding hydrogens is 228 g/mol. The van der Waals surface area contributed by atoms with Crippen LogP contribution in [0.1, 0.15) is 19.3 Å². The number of hydrogen-bond acceptors (Lipinski definition) is 4. The van der Waals surface area contributed by atoms with Crippen molar-refractivity contribution in [3.05, 3.63) is 18.3 Å². The van der Waals surface area contributed by atoms with Gasteiger partial charge in [0.2, 0.25) is 5.91 Å². The zero-order valence-electron chi connectivity index (χ0n) is 10.8. The van der Waals surface area contributed by atoms with E-state index in [0.717, 1.165) is 37.4 Å². The van der Waals surface area contributed by atoms with Crippen molar-refractivity contribution in [2.45, 2.75) is 19.3 Å². The molecule has 1 aliphatic heterocycles. The fourth-order valence-corrected chi connectivity index (χ4v) is 2.12. The summed E-state index contributed by atoms with van der Waals surface area (Å²) in [7, 11) is 1.84. The highest BCUT2D eigenvalue weighted by atomic mass is 16.2. The Morgan fingerprint density at radius 3 is 2.94 bits per heavy atom. The molecule has 1 amide bonds. The lowest BCUT2D eigenvalue weighted by Gasteiger charge is -2.15. The molecule has 5 heteroatoms. The van der Waals surface area contributed by atoms with Gasteiger partial charge >= 0.3 is 0 Å². The average molecular weight is 248 g/mol. The number of anilines is 2. The highest BCUT2D eigenvalue weighted by Gasteiger charge is 2.16. The molecule has 0 radical (unpaired) electrons. The second-order valence-corrected chi connectivity index (χ2v) is 4.44. The summed E-state index contributed by atoms with van der Waals surface area (Å²) in [4.78, 5) is 17.9. The van der Waals surface area contributed by atoms with Gasteiger partial charge in [-0.05, 0) is 18.9 Å². The third kappa shape index (κ3) is 3.35. The number of likely N-dealkylation sites (tertiary alicyclic amines) is 1. The maximum atomic E-state index is 11.8. The summed E-state index contributed by atoms with van der Waals surface area (Å²) in [6.45, 7) is 2.53. The van der Waals surface area contributed by atoms with E-state index >= 15 is 0 Å². The molecule has 98 valence electrons. The molecular formula is C13H20N4O. The first kappa shape index (κ1) is 12.7. The van der Waals surface area contributed by atoms with Gasteiger partial charge in [0.05, 0.1) is 0 Å². The van der Waals surface area contributed by atoms with Gasteiger partial charge < -0.3 is 15.5 Å². The molecule has 2 rings (SSSR count). The molecule has 5 nitrogen and oxygen atoms in total. The summed E-state index contributed by atoms with van der Waals surface area (Å²) >= 11 is 0. The molecule has 1 aromatic rings. The Bertz CT molecular complexity index is 402. The first-order valence-corrected chi connectivity index (χ1v) is 6.45. The van der Waals surface area contributed by atoms with E-state index in [1.165, 1.54) is 0 Å². The lowest BCUT2D eigenvalue weighted by molar-refractivity contribution is -0.129. The first-order valence-electron chi connectivity index (χ1n) is 6.45. The highest BCUT2D eigenvalue weighted by Crippen LogP contribution is 2.12. The van der Waals surface area contributed by atoms with E-state index in [0.29, 0.717) is 13.0 Å². The molecule has 0 aliphatic carbocycles. The number of pyridine rings is 1. The van der Waals surface area contributed by atoms with Crippen molar-refractivity contribution in [2.75, 3.05) is 37.3 Å². The minimum atomic E-state index is 0.253. The van der Waals surface area contributed by atoms with E-state index in [1.807, 2.05) is 24.1 Å². The van der Waals surface area contributed by atoms with Crippen LogP contribution in [-0.4, -0.2) is 42.5 Å². The Kier molecular flexibility index (Phi) is 4.39. The quantitative estimate of drug-likeness (QED) is 0.830. The van der Waals surface area contributed by atoms with Crippen LogP contribution in [0.25, 0.3) is 0 Å². The number of nitrogens with zero attached hydrogens (tertiary/aromatic N) is 2. The second-order valence-electron chi connectivity index (χ2n) is 4.44. The summed E-state index contributed by atoms with van der Waals surface area (Å²) in [5.74, 6) is 1.08. The molecule has 1 aromatic heterocycles. The van der Waals surface area contributed by atoms with Crippen LogP contribution in [0, 0.1) is 0 Å². The normalized spacial score (nSPS) is 14.6. The van der Waals surface area contributed by atoms with E-state index < -0.39 is 0 Å². The van der Waals surface area contributed by atoms with E-state index in [-0.39, 0.29) is 5.91 Å². The highest BCUT2D eigenvalue weighted by molar-refractivity contribution is 5.77. The Morgan fingerprint density at radius 1 is 1.44 bits per heavy atom. The molecule has 2 heterocycles. The summed E-state index contributed by atoms with van der Waals surface area (Å²) in [5.41, 5.74) is 0.989. The molecule has 0 bridgehead atoms. The van der Waals surface area contributed by atoms with Gasteiger partial charge in [-0.1, -0.05) is 0 Å². The van der Waals surface area contributed by atoms with Gasteiger partial charge in [0.15, 0.2) is 0 Å². The van der Waals surface area contributed by atoms with Crippen molar-refractivity contribution in [2.24, 2.45) is 0 Å². The van der Waals surface area contributed by atoms with E-state index in [9.17, 15) is 4.79 Å². The van der Waals surface area contributed by atoms with Gasteiger partial charge in [-0.15, -0.1) is 0 Å². The van der Waals surface area contributed by atoms with Crippen molar-refractivity contribution >= 4 is 17.4 Å². The number of aromatic nitrogens is 1. The number of carbonyl (C=O) groups is 1. The van der Waals surface area contributed by atoms with Crippen LogP contribution < -0.4 is 10.6 Å². The van der Waals surface area contributed by atoms with Crippen LogP contribution in [0.15, 0.2) is 18.3 Å². The lowest BCUT2D eigenvalue weighted by atomic mass is 10.3. The molecule has 1 saturated heterocycles. The minimum absolute atomic E-state index is 0.253. The Hall–Kier alpha value is -1.78. The lowest BCUT2D eigenvalue weighted by Crippen LogP contribution is -2.29. The molecule has 0 atom stereocenters. The van der Waals surface area contributed by atoms with Gasteiger partial charge in [0.1, 0.15) is 5.82 Å². The summed E-state index contributed by atoms with van der Waals surface area (Å²) in [5, 5.41) is 6.23. The van der Waals surface area contributed by atoms with Crippen molar-refractivity contribution in [3.8, 4) is 0 Å². The van der Waals surface area contributed by atoms with Crippen LogP contribution in [0.5, 0.6) is 0 Å². The molecule has 0 saturated carbocycles. The van der Waals surface area contributed by atoms with Crippen molar-refractivity contribution in [3.63, 3.8) is 0 Å². The standard InChI is InChI=1S/C13H20N4O/c1-14-12-10-11(4-6-16-12)15-7-5-13(18)17-8-2-3-9-17/h4,6,10H,2-3,5,7-9H2,1H3,(H2,14,15,16). The number of amides is 1. The van der Waals surface area contributed by atoms with E-state index in [2.05, 4.69) is 15.6 Å². The first-order chi connectivity index (χ1) is 8.79. The maximum Gasteiger partial charge on any atom is 0.224 e. The van der Waals surface area contributed by atoms with Gasteiger partial charge in [-0.25, -0.2) is 4.98 Å². The largest absolute Gasteiger partial charge is 0.384 e. The van der Waals surface area contributed by atoms with Crippen LogP contribution in [-0.2, 0) is 4.79 Å². The van der Waals surface area contributed by atoms with Crippen molar-refractivity contribution < 1.29 is 4.79 Å². The van der Waals surface area contributed by atoms with Crippen LogP contribution in [0.3, 0.4) is 0 Å². The topological polar surface area (TPSA) is 57.3 Å². The SMILES string of the molecule is CNc1cc(NCCC(=O)N2CCCC2)ccn1. The number of carbonyl (C=O) groups excluding carboxylic acids is 1. The molecule has 0 unspecified atom stereocenters. The summed E-state index contributed by atoms with van der Waals surface area (Å²) < 4.78 is 0. The third-order valence-corrected chi connectivity index (χ3v) is 3.14. The third-order valence-electron chi connectivity index (χ3n) is 3.14. The van der Waals surface area contributed by atoms with Crippen LogP contribution in [0.4, 0.5) is 11.5 Å². The zero-order valence-corrected chi connectivity index (χ0v) is 10.8. The molecule has 1 fully saturated rings. The number of hydrogen-bond donors (Lipinski definition) is 2. The van der Waals surface area contributed by atoms with Crippen LogP contribution in [0.2, 0.25) is 0 Å². The van der Waals surface area contributed by atoms with Gasteiger partial charge in [0, 0.05) is 51.1 Å². The smallest absolute Gasteiger partial charge is 0.224 e. The Balaban J connectivity index is 1.75. The molecule has 0 spiro atoms. The Labute approximate surface area is 108 Å². The monoisotopic (exact) mass is 248 g/mol. The summed E-state index contributed by atoms with van der Waals surface area (Å²) in [6, 6.07) is 3.83. The predicted octanol–water partition coefficient (Wildman–Crippen LogP) is 1.55. The number of rotatable bonds is 5. The van der Waals surface area contributed by atoms with E-state index in [4.69, 9.17) is 0 Å². The van der Waals surface area contributed by atoms with Gasteiger partial charge in [-0.3, -0.25) is 4.79 Å². The summed E-state index contributed by atoms with van der Waals surface area (Å²) in [6.07, 6.45) is 4.60. The van der Waals surface area contributed by atoms with Gasteiger partial charge in [0.25, 0.3) is 0 Å². The number of nitrogens with one attached hydrogen (secondary N) is 2.